The molecule has 0 saturated heterocycles. The van der Waals surface area contributed by atoms with Crippen molar-refractivity contribution in [2.24, 2.45) is 10.9 Å². The first-order chi connectivity index (χ1) is 12.5. The molecule has 134 valence electrons. The first kappa shape index (κ1) is 18.0. The van der Waals surface area contributed by atoms with Crippen LogP contribution in [-0.4, -0.2) is 15.6 Å². The zero-order chi connectivity index (χ0) is 18.5. The average molecular weight is 369 g/mol. The normalized spacial score (nSPS) is 11.6. The Morgan fingerprint density at radius 3 is 2.69 bits per heavy atom. The summed E-state index contributed by atoms with van der Waals surface area (Å²) in [5, 5.41) is 9.15. The average Bonchev–Trinajstić information content (AvgIpc) is 2.94. The molecule has 0 saturated carbocycles. The van der Waals surface area contributed by atoms with Gasteiger partial charge in [0.2, 0.25) is 0 Å². The van der Waals surface area contributed by atoms with Crippen LogP contribution in [0.15, 0.2) is 59.8 Å². The highest BCUT2D eigenvalue weighted by Gasteiger charge is 2.05. The maximum atomic E-state index is 6.10. The molecule has 5 nitrogen and oxygen atoms in total. The maximum Gasteiger partial charge on any atom is 0.170 e. The van der Waals surface area contributed by atoms with Gasteiger partial charge in [-0.25, -0.2) is 0 Å². The van der Waals surface area contributed by atoms with Gasteiger partial charge >= 0.3 is 0 Å². The quantitative estimate of drug-likeness (QED) is 0.405. The van der Waals surface area contributed by atoms with Crippen LogP contribution in [0.3, 0.4) is 0 Å². The molecule has 0 amide bonds. The number of nitrogens with two attached hydrogens (primary N) is 1. The Hall–Kier alpha value is -2.79. The Bertz CT molecular complexity index is 933. The fourth-order valence-corrected chi connectivity index (χ4v) is 2.87. The number of benzene rings is 2. The van der Waals surface area contributed by atoms with Crippen LogP contribution in [-0.2, 0) is 18.0 Å². The molecule has 0 aliphatic heterocycles. The Kier molecular flexibility index (Phi) is 5.58. The molecule has 1 aromatic heterocycles. The van der Waals surface area contributed by atoms with Crippen LogP contribution in [0.5, 0.6) is 0 Å². The van der Waals surface area contributed by atoms with E-state index in [-0.39, 0.29) is 6.61 Å². The molecule has 0 fully saturated rings. The van der Waals surface area contributed by atoms with Gasteiger partial charge in [0.15, 0.2) is 5.84 Å². The van der Waals surface area contributed by atoms with E-state index in [1.165, 1.54) is 0 Å². The molecule has 0 radical (unpaired) electrons. The van der Waals surface area contributed by atoms with Crippen LogP contribution in [0, 0.1) is 13.8 Å². The monoisotopic (exact) mass is 368 g/mol. The Morgan fingerprint density at radius 2 is 1.96 bits per heavy atom. The van der Waals surface area contributed by atoms with Gasteiger partial charge in [0.1, 0.15) is 6.61 Å². The summed E-state index contributed by atoms with van der Waals surface area (Å²) >= 11 is 6.10. The summed E-state index contributed by atoms with van der Waals surface area (Å²) in [6, 6.07) is 17.4. The molecular formula is C20H21ClN4O. The van der Waals surface area contributed by atoms with E-state index in [2.05, 4.69) is 16.3 Å². The lowest BCUT2D eigenvalue weighted by Gasteiger charge is -2.08. The van der Waals surface area contributed by atoms with E-state index in [4.69, 9.17) is 22.2 Å². The SMILES string of the molecule is Cc1cc(C)n(Cc2cccc(/C(N)=N/OCc3ccccc3Cl)c2)n1. The number of hydrogen-bond donors (Lipinski definition) is 1. The van der Waals surface area contributed by atoms with Crippen molar-refractivity contribution in [3.8, 4) is 0 Å². The summed E-state index contributed by atoms with van der Waals surface area (Å²) < 4.78 is 1.97. The lowest BCUT2D eigenvalue weighted by atomic mass is 10.1. The number of aromatic nitrogens is 2. The fourth-order valence-electron chi connectivity index (χ4n) is 2.68. The van der Waals surface area contributed by atoms with Gasteiger partial charge < -0.3 is 10.6 Å². The molecule has 3 aromatic rings. The van der Waals surface area contributed by atoms with Gasteiger partial charge in [0.05, 0.1) is 12.2 Å². The first-order valence-electron chi connectivity index (χ1n) is 8.32. The van der Waals surface area contributed by atoms with Gasteiger partial charge in [-0.3, -0.25) is 4.68 Å². The molecule has 0 bridgehead atoms. The molecule has 26 heavy (non-hydrogen) atoms. The third-order valence-electron chi connectivity index (χ3n) is 4.00. The number of rotatable bonds is 6. The van der Waals surface area contributed by atoms with Crippen molar-refractivity contribution in [3.05, 3.63) is 87.7 Å². The van der Waals surface area contributed by atoms with Gasteiger partial charge in [-0.15, -0.1) is 0 Å². The number of aryl methyl sites for hydroxylation is 2. The third kappa shape index (κ3) is 4.43. The second kappa shape index (κ2) is 8.06. The van der Waals surface area contributed by atoms with Gasteiger partial charge in [-0.05, 0) is 37.6 Å². The van der Waals surface area contributed by atoms with E-state index in [0.717, 1.165) is 28.1 Å². The summed E-state index contributed by atoms with van der Waals surface area (Å²) in [5.74, 6) is 0.326. The van der Waals surface area contributed by atoms with Gasteiger partial charge in [0.25, 0.3) is 0 Å². The maximum absolute atomic E-state index is 6.10. The highest BCUT2D eigenvalue weighted by Crippen LogP contribution is 2.16. The first-order valence-corrected chi connectivity index (χ1v) is 8.70. The largest absolute Gasteiger partial charge is 0.389 e. The van der Waals surface area contributed by atoms with Crippen molar-refractivity contribution < 1.29 is 4.84 Å². The molecule has 0 unspecified atom stereocenters. The topological polar surface area (TPSA) is 65.4 Å². The second-order valence-electron chi connectivity index (χ2n) is 6.13. The van der Waals surface area contributed by atoms with Gasteiger partial charge in [0, 0.05) is 21.8 Å². The minimum absolute atomic E-state index is 0.270. The van der Waals surface area contributed by atoms with Crippen LogP contribution in [0.2, 0.25) is 5.02 Å². The van der Waals surface area contributed by atoms with Crippen molar-refractivity contribution in [1.82, 2.24) is 9.78 Å². The number of amidine groups is 1. The van der Waals surface area contributed by atoms with E-state index in [1.54, 1.807) is 0 Å². The van der Waals surface area contributed by atoms with Crippen molar-refractivity contribution in [3.63, 3.8) is 0 Å². The molecule has 0 aliphatic carbocycles. The summed E-state index contributed by atoms with van der Waals surface area (Å²) in [4.78, 5) is 5.36. The van der Waals surface area contributed by atoms with Crippen LogP contribution in [0.4, 0.5) is 0 Å². The zero-order valence-electron chi connectivity index (χ0n) is 14.8. The van der Waals surface area contributed by atoms with Gasteiger partial charge in [-0.1, -0.05) is 53.2 Å². The predicted octanol–water partition coefficient (Wildman–Crippen LogP) is 4.04. The molecule has 0 atom stereocenters. The standard InChI is InChI=1S/C20H21ClN4O/c1-14-10-15(2)25(23-14)12-16-6-5-8-17(11-16)20(22)24-26-13-18-7-3-4-9-19(18)21/h3-11H,12-13H2,1-2H3,(H2,22,24). The highest BCUT2D eigenvalue weighted by atomic mass is 35.5. The number of oxime groups is 1. The Morgan fingerprint density at radius 1 is 1.15 bits per heavy atom. The number of hydrogen-bond acceptors (Lipinski definition) is 3. The van der Waals surface area contributed by atoms with E-state index >= 15 is 0 Å². The van der Waals surface area contributed by atoms with Crippen molar-refractivity contribution in [2.75, 3.05) is 0 Å². The number of halogens is 1. The van der Waals surface area contributed by atoms with Crippen molar-refractivity contribution in [2.45, 2.75) is 27.0 Å². The predicted molar refractivity (Wildman–Crippen MR) is 104 cm³/mol. The molecule has 1 heterocycles. The smallest absolute Gasteiger partial charge is 0.170 e. The molecular weight excluding hydrogens is 348 g/mol. The fraction of sp³-hybridized carbons (Fsp3) is 0.200. The second-order valence-corrected chi connectivity index (χ2v) is 6.53. The Labute approximate surface area is 158 Å². The highest BCUT2D eigenvalue weighted by molar-refractivity contribution is 6.31. The van der Waals surface area contributed by atoms with E-state index in [9.17, 15) is 0 Å². The van der Waals surface area contributed by atoms with E-state index in [0.29, 0.717) is 17.4 Å². The molecule has 3 rings (SSSR count). The lowest BCUT2D eigenvalue weighted by Crippen LogP contribution is -2.14. The van der Waals surface area contributed by atoms with Gasteiger partial charge in [-0.2, -0.15) is 5.10 Å². The van der Waals surface area contributed by atoms with Crippen LogP contribution >= 0.6 is 11.6 Å². The summed E-state index contributed by atoms with van der Waals surface area (Å²) in [6.45, 7) is 4.98. The third-order valence-corrected chi connectivity index (χ3v) is 4.37. The van der Waals surface area contributed by atoms with Crippen LogP contribution in [0.25, 0.3) is 0 Å². The minimum Gasteiger partial charge on any atom is -0.389 e. The summed E-state index contributed by atoms with van der Waals surface area (Å²) in [7, 11) is 0. The van der Waals surface area contributed by atoms with E-state index in [1.807, 2.05) is 67.1 Å². The Balaban J connectivity index is 1.68. The summed E-state index contributed by atoms with van der Waals surface area (Å²) in [6.07, 6.45) is 0. The molecule has 2 aromatic carbocycles. The minimum atomic E-state index is 0.270. The lowest BCUT2D eigenvalue weighted by molar-refractivity contribution is 0.130. The molecule has 0 aliphatic rings. The molecule has 2 N–H and O–H groups in total. The van der Waals surface area contributed by atoms with Crippen molar-refractivity contribution in [1.29, 1.82) is 0 Å². The number of nitrogens with zero attached hydrogens (tertiary/aromatic N) is 3. The van der Waals surface area contributed by atoms with Crippen LogP contribution < -0.4 is 5.73 Å². The molecule has 6 heteroatoms. The zero-order valence-corrected chi connectivity index (χ0v) is 15.6. The van der Waals surface area contributed by atoms with E-state index < -0.39 is 0 Å². The molecule has 0 spiro atoms. The van der Waals surface area contributed by atoms with Crippen molar-refractivity contribution >= 4 is 17.4 Å². The van der Waals surface area contributed by atoms with Crippen LogP contribution in [0.1, 0.15) is 28.1 Å². The summed E-state index contributed by atoms with van der Waals surface area (Å²) in [5.41, 5.74) is 11.0.